The molecule has 2 aliphatic heterocycles. The molecule has 5 heteroatoms. The Kier molecular flexibility index (Phi) is 3.24. The highest BCUT2D eigenvalue weighted by atomic mass is 79.9. The Bertz CT molecular complexity index is 350. The van der Waals surface area contributed by atoms with Gasteiger partial charge in [-0.25, -0.2) is 8.42 Å². The molecule has 0 aromatic carbocycles. The molecule has 0 saturated carbocycles. The smallest absolute Gasteiger partial charge is 0.211 e. The summed E-state index contributed by atoms with van der Waals surface area (Å²) in [6.45, 7) is 4.01. The molecule has 2 atom stereocenters. The highest BCUT2D eigenvalue weighted by Gasteiger charge is 2.41. The Balaban J connectivity index is 2.29. The first-order chi connectivity index (χ1) is 7.04. The average Bonchev–Trinajstić information content (AvgIpc) is 2.16. The summed E-state index contributed by atoms with van der Waals surface area (Å²) in [5.41, 5.74) is 1.21. The zero-order valence-electron chi connectivity index (χ0n) is 8.65. The number of alkyl halides is 1. The summed E-state index contributed by atoms with van der Waals surface area (Å²) in [5.74, 6) is 0. The highest BCUT2D eigenvalue weighted by molar-refractivity contribution is 9.10. The van der Waals surface area contributed by atoms with Crippen molar-refractivity contribution in [2.45, 2.75) is 44.2 Å². The molecule has 2 rings (SSSR count). The normalized spacial score (nSPS) is 33.0. The largest absolute Gasteiger partial charge is 0.224 e. The monoisotopic (exact) mass is 293 g/mol. The van der Waals surface area contributed by atoms with Crippen LogP contribution in [0.15, 0.2) is 12.2 Å². The van der Waals surface area contributed by atoms with Crippen molar-refractivity contribution < 1.29 is 8.42 Å². The molecule has 2 fully saturated rings. The molecule has 0 aromatic rings. The summed E-state index contributed by atoms with van der Waals surface area (Å²) in [6, 6.07) is 0.347. The van der Waals surface area contributed by atoms with E-state index in [1.54, 1.807) is 4.31 Å². The number of sulfonamides is 1. The number of nitrogens with zero attached hydrogens (tertiary/aromatic N) is 1. The minimum absolute atomic E-state index is 0.0411. The molecule has 2 bridgehead atoms. The van der Waals surface area contributed by atoms with Gasteiger partial charge in [0, 0.05) is 12.1 Å². The van der Waals surface area contributed by atoms with Crippen molar-refractivity contribution >= 4 is 26.0 Å². The second-order valence-corrected chi connectivity index (χ2v) is 7.62. The van der Waals surface area contributed by atoms with Crippen LogP contribution >= 0.6 is 15.9 Å². The minimum Gasteiger partial charge on any atom is -0.211 e. The van der Waals surface area contributed by atoms with Crippen LogP contribution in [0.25, 0.3) is 0 Å². The van der Waals surface area contributed by atoms with E-state index in [1.807, 2.05) is 0 Å². The molecule has 2 heterocycles. The van der Waals surface area contributed by atoms with E-state index in [2.05, 4.69) is 22.5 Å². The maximum absolute atomic E-state index is 11.9. The van der Waals surface area contributed by atoms with Gasteiger partial charge in [-0.1, -0.05) is 34.5 Å². The quantitative estimate of drug-likeness (QED) is 0.578. The number of piperidine rings is 2. The summed E-state index contributed by atoms with van der Waals surface area (Å²) < 4.78 is 25.6. The van der Waals surface area contributed by atoms with Gasteiger partial charge in [-0.15, -0.1) is 0 Å². The van der Waals surface area contributed by atoms with Crippen LogP contribution in [0.3, 0.4) is 0 Å². The molecular formula is C10H16BrNO2S. The van der Waals surface area contributed by atoms with Gasteiger partial charge in [0.1, 0.15) is 4.66 Å². The topological polar surface area (TPSA) is 37.4 Å². The van der Waals surface area contributed by atoms with E-state index in [1.165, 1.54) is 5.57 Å². The second-order valence-electron chi connectivity index (χ2n) is 4.45. The predicted molar refractivity (Wildman–Crippen MR) is 64.4 cm³/mol. The number of fused-ring (bicyclic) bond motifs is 2. The van der Waals surface area contributed by atoms with Crippen LogP contribution in [0, 0.1) is 0 Å². The molecule has 3 nitrogen and oxygen atoms in total. The first kappa shape index (κ1) is 11.6. The van der Waals surface area contributed by atoms with Gasteiger partial charge in [0.15, 0.2) is 0 Å². The Hall–Kier alpha value is 0.130. The maximum Gasteiger partial charge on any atom is 0.224 e. The van der Waals surface area contributed by atoms with E-state index in [4.69, 9.17) is 0 Å². The lowest BCUT2D eigenvalue weighted by Gasteiger charge is -2.45. The summed E-state index contributed by atoms with van der Waals surface area (Å²) in [7, 11) is -3.10. The summed E-state index contributed by atoms with van der Waals surface area (Å²) in [6.07, 6.45) is 4.83. The fraction of sp³-hybridized carbons (Fsp3) is 0.800. The first-order valence-corrected chi connectivity index (χ1v) is 8.01. The van der Waals surface area contributed by atoms with Crippen molar-refractivity contribution in [1.29, 1.82) is 0 Å². The van der Waals surface area contributed by atoms with Gasteiger partial charge in [-0.3, -0.25) is 0 Å². The lowest BCUT2D eigenvalue weighted by Crippen LogP contribution is -2.53. The molecule has 0 aromatic heterocycles. The third-order valence-electron chi connectivity index (χ3n) is 3.30. The van der Waals surface area contributed by atoms with Crippen LogP contribution in [0.2, 0.25) is 0 Å². The van der Waals surface area contributed by atoms with Crippen LogP contribution in [0.4, 0.5) is 0 Å². The first-order valence-electron chi connectivity index (χ1n) is 5.28. The van der Waals surface area contributed by atoms with Crippen LogP contribution in [0.5, 0.6) is 0 Å². The number of hydrogen-bond donors (Lipinski definition) is 0. The van der Waals surface area contributed by atoms with E-state index in [0.717, 1.165) is 32.1 Å². The van der Waals surface area contributed by atoms with E-state index in [-0.39, 0.29) is 16.7 Å². The van der Waals surface area contributed by atoms with Gasteiger partial charge in [0.2, 0.25) is 10.0 Å². The molecule has 0 radical (unpaired) electrons. The molecule has 0 spiro atoms. The second kappa shape index (κ2) is 4.18. The molecule has 0 unspecified atom stereocenters. The summed E-state index contributed by atoms with van der Waals surface area (Å²) >= 11 is 3.08. The van der Waals surface area contributed by atoms with Crippen molar-refractivity contribution in [2.75, 3.05) is 4.66 Å². The van der Waals surface area contributed by atoms with E-state index in [0.29, 0.717) is 0 Å². The average molecular weight is 294 g/mol. The Morgan fingerprint density at radius 2 is 1.87 bits per heavy atom. The number of hydrogen-bond acceptors (Lipinski definition) is 2. The third kappa shape index (κ3) is 2.15. The van der Waals surface area contributed by atoms with Crippen LogP contribution in [-0.2, 0) is 10.0 Å². The lowest BCUT2D eigenvalue weighted by atomic mass is 9.84. The Morgan fingerprint density at radius 1 is 1.33 bits per heavy atom. The molecule has 15 heavy (non-hydrogen) atoms. The molecule has 0 amide bonds. The van der Waals surface area contributed by atoms with Gasteiger partial charge < -0.3 is 0 Å². The highest BCUT2D eigenvalue weighted by Crippen LogP contribution is 2.38. The fourth-order valence-corrected chi connectivity index (χ4v) is 4.88. The maximum atomic E-state index is 11.9. The molecule has 2 aliphatic rings. The molecular weight excluding hydrogens is 278 g/mol. The summed E-state index contributed by atoms with van der Waals surface area (Å²) in [5, 5.41) is 0. The molecule has 2 saturated heterocycles. The van der Waals surface area contributed by atoms with Gasteiger partial charge in [-0.2, -0.15) is 4.31 Å². The van der Waals surface area contributed by atoms with Crippen LogP contribution < -0.4 is 0 Å². The number of rotatable bonds is 2. The lowest BCUT2D eigenvalue weighted by molar-refractivity contribution is 0.152. The SMILES string of the molecule is C=C1C[C@H]2CCC[C@@H](C1)N2S(=O)(=O)CBr. The van der Waals surface area contributed by atoms with Gasteiger partial charge in [-0.05, 0) is 25.7 Å². The third-order valence-corrected chi connectivity index (χ3v) is 6.55. The Labute approximate surface area is 99.7 Å². The Morgan fingerprint density at radius 3 is 2.33 bits per heavy atom. The molecule has 86 valence electrons. The van der Waals surface area contributed by atoms with E-state index < -0.39 is 10.0 Å². The standard InChI is InChI=1S/C10H16BrNO2S/c1-8-5-9-3-2-4-10(6-8)12(9)15(13,14)7-11/h9-10H,1-7H2/t9-,10+. The van der Waals surface area contributed by atoms with Gasteiger partial charge in [0.25, 0.3) is 0 Å². The van der Waals surface area contributed by atoms with Gasteiger partial charge >= 0.3 is 0 Å². The minimum atomic E-state index is -3.10. The van der Waals surface area contributed by atoms with Crippen molar-refractivity contribution in [3.05, 3.63) is 12.2 Å². The fourth-order valence-electron chi connectivity index (χ4n) is 2.79. The van der Waals surface area contributed by atoms with Gasteiger partial charge in [0.05, 0.1) is 0 Å². The number of halogens is 1. The van der Waals surface area contributed by atoms with Crippen molar-refractivity contribution in [3.8, 4) is 0 Å². The molecule has 0 aliphatic carbocycles. The predicted octanol–water partition coefficient (Wildman–Crippen LogP) is 2.24. The van der Waals surface area contributed by atoms with Crippen molar-refractivity contribution in [3.63, 3.8) is 0 Å². The van der Waals surface area contributed by atoms with E-state index in [9.17, 15) is 8.42 Å². The van der Waals surface area contributed by atoms with E-state index >= 15 is 0 Å². The van der Waals surface area contributed by atoms with Crippen molar-refractivity contribution in [1.82, 2.24) is 4.31 Å². The zero-order valence-corrected chi connectivity index (χ0v) is 11.1. The molecule has 0 N–H and O–H groups in total. The van der Waals surface area contributed by atoms with Crippen LogP contribution in [0.1, 0.15) is 32.1 Å². The zero-order chi connectivity index (χ0) is 11.1. The van der Waals surface area contributed by atoms with Crippen molar-refractivity contribution in [2.24, 2.45) is 0 Å². The summed E-state index contributed by atoms with van der Waals surface area (Å²) in [4.78, 5) is 0. The van der Waals surface area contributed by atoms with Crippen LogP contribution in [-0.4, -0.2) is 29.5 Å².